The summed E-state index contributed by atoms with van der Waals surface area (Å²) in [6, 6.07) is 18.3. The normalized spacial score (nSPS) is 16.1. The van der Waals surface area contributed by atoms with E-state index >= 15 is 0 Å². The largest absolute Gasteiger partial charge is 0.378 e. The third-order valence-electron chi connectivity index (χ3n) is 5.93. The summed E-state index contributed by atoms with van der Waals surface area (Å²) in [7, 11) is 0. The van der Waals surface area contributed by atoms with Gasteiger partial charge in [0, 0.05) is 48.4 Å². The van der Waals surface area contributed by atoms with Crippen molar-refractivity contribution in [3.63, 3.8) is 0 Å². The van der Waals surface area contributed by atoms with E-state index in [0.717, 1.165) is 59.8 Å². The number of Topliss-reactive ketones (excluding diaryl/α,β-unsaturated/α-hetero) is 1. The highest BCUT2D eigenvalue weighted by atomic mass is 35.5. The summed E-state index contributed by atoms with van der Waals surface area (Å²) in [4.78, 5) is 19.8. The number of benzene rings is 2. The van der Waals surface area contributed by atoms with Crippen molar-refractivity contribution in [2.75, 3.05) is 31.2 Å². The van der Waals surface area contributed by atoms with E-state index in [1.165, 1.54) is 5.69 Å². The number of carbonyl (C=O) groups excluding carboxylic acids is 1. The van der Waals surface area contributed by atoms with Crippen LogP contribution in [0.5, 0.6) is 0 Å². The van der Waals surface area contributed by atoms with Gasteiger partial charge < -0.3 is 9.64 Å². The molecule has 2 aromatic carbocycles. The Labute approximate surface area is 187 Å². The summed E-state index contributed by atoms with van der Waals surface area (Å²) in [6.07, 6.45) is 4.83. The van der Waals surface area contributed by atoms with Gasteiger partial charge in [0.15, 0.2) is 5.78 Å². The van der Waals surface area contributed by atoms with Gasteiger partial charge in [0.1, 0.15) is 0 Å². The summed E-state index contributed by atoms with van der Waals surface area (Å²) >= 11 is 6.06. The lowest BCUT2D eigenvalue weighted by Crippen LogP contribution is -2.36. The van der Waals surface area contributed by atoms with Gasteiger partial charge in [-0.1, -0.05) is 41.9 Å². The molecule has 0 N–H and O–H groups in total. The maximum Gasteiger partial charge on any atom is 0.169 e. The first-order valence-electron chi connectivity index (χ1n) is 10.6. The number of hydrogen-bond acceptors (Lipinski definition) is 4. The topological polar surface area (TPSA) is 42.4 Å². The molecule has 4 nitrogen and oxygen atoms in total. The fourth-order valence-electron chi connectivity index (χ4n) is 4.32. The SMILES string of the molecule is O=C1CC=C(c2ccc(Cl)cc2)c2ccnc(Cc3ccc(N4CCOCC4)cc3)c21. The summed E-state index contributed by atoms with van der Waals surface area (Å²) in [6.45, 7) is 3.38. The van der Waals surface area contributed by atoms with E-state index in [-0.39, 0.29) is 5.78 Å². The van der Waals surface area contributed by atoms with E-state index in [1.807, 2.05) is 36.4 Å². The Balaban J connectivity index is 1.43. The summed E-state index contributed by atoms with van der Waals surface area (Å²) in [5.41, 5.74) is 7.01. The lowest BCUT2D eigenvalue weighted by molar-refractivity contribution is 0.0993. The number of rotatable bonds is 4. The van der Waals surface area contributed by atoms with Crippen molar-refractivity contribution in [2.45, 2.75) is 12.8 Å². The van der Waals surface area contributed by atoms with E-state index in [2.05, 4.69) is 34.1 Å². The molecule has 0 atom stereocenters. The highest BCUT2D eigenvalue weighted by Gasteiger charge is 2.24. The Morgan fingerprint density at radius 3 is 2.45 bits per heavy atom. The quantitative estimate of drug-likeness (QED) is 0.572. The summed E-state index contributed by atoms with van der Waals surface area (Å²) in [5.74, 6) is 0.126. The number of carbonyl (C=O) groups is 1. The van der Waals surface area contributed by atoms with Crippen molar-refractivity contribution in [1.29, 1.82) is 0 Å². The van der Waals surface area contributed by atoms with E-state index < -0.39 is 0 Å². The number of halogens is 1. The molecular formula is C26H23ClN2O2. The predicted molar refractivity (Wildman–Crippen MR) is 124 cm³/mol. The highest BCUT2D eigenvalue weighted by molar-refractivity contribution is 6.30. The van der Waals surface area contributed by atoms with Crippen molar-refractivity contribution < 1.29 is 9.53 Å². The first-order chi connectivity index (χ1) is 15.2. The third kappa shape index (κ3) is 4.14. The average molecular weight is 431 g/mol. The molecule has 1 fully saturated rings. The Bertz CT molecular complexity index is 1130. The van der Waals surface area contributed by atoms with E-state index in [4.69, 9.17) is 16.3 Å². The maximum absolute atomic E-state index is 12.9. The molecule has 1 saturated heterocycles. The number of nitrogens with zero attached hydrogens (tertiary/aromatic N) is 2. The molecule has 0 unspecified atom stereocenters. The van der Waals surface area contributed by atoms with Crippen molar-refractivity contribution in [1.82, 2.24) is 4.98 Å². The van der Waals surface area contributed by atoms with Gasteiger partial charge in [0.25, 0.3) is 0 Å². The molecule has 1 aliphatic carbocycles. The van der Waals surface area contributed by atoms with E-state index in [0.29, 0.717) is 17.9 Å². The molecule has 0 radical (unpaired) electrons. The van der Waals surface area contributed by atoms with Crippen LogP contribution >= 0.6 is 11.6 Å². The van der Waals surface area contributed by atoms with Crippen LogP contribution in [0.25, 0.3) is 5.57 Å². The van der Waals surface area contributed by atoms with Crippen LogP contribution in [0.4, 0.5) is 5.69 Å². The maximum atomic E-state index is 12.9. The minimum atomic E-state index is 0.126. The smallest absolute Gasteiger partial charge is 0.169 e. The first kappa shape index (κ1) is 20.0. The zero-order chi connectivity index (χ0) is 21.2. The molecule has 5 heteroatoms. The number of aromatic nitrogens is 1. The molecule has 156 valence electrons. The Hall–Kier alpha value is -2.95. The van der Waals surface area contributed by atoms with Gasteiger partial charge in [-0.05, 0) is 52.6 Å². The third-order valence-corrected chi connectivity index (χ3v) is 6.18. The zero-order valence-electron chi connectivity index (χ0n) is 17.2. The molecular weight excluding hydrogens is 408 g/mol. The van der Waals surface area contributed by atoms with Crippen molar-refractivity contribution in [3.8, 4) is 0 Å². The van der Waals surface area contributed by atoms with Crippen molar-refractivity contribution >= 4 is 28.6 Å². The van der Waals surface area contributed by atoms with Crippen LogP contribution in [-0.4, -0.2) is 37.1 Å². The number of morpholine rings is 1. The molecule has 3 aromatic rings. The summed E-state index contributed by atoms with van der Waals surface area (Å²) < 4.78 is 5.44. The van der Waals surface area contributed by atoms with Crippen molar-refractivity contribution in [3.05, 3.63) is 99.8 Å². The van der Waals surface area contributed by atoms with Gasteiger partial charge in [0.2, 0.25) is 0 Å². The van der Waals surface area contributed by atoms with Crippen LogP contribution in [-0.2, 0) is 11.2 Å². The number of pyridine rings is 1. The lowest BCUT2D eigenvalue weighted by atomic mass is 9.85. The molecule has 1 aromatic heterocycles. The van der Waals surface area contributed by atoms with Gasteiger partial charge in [-0.2, -0.15) is 0 Å². The number of anilines is 1. The van der Waals surface area contributed by atoms with Crippen LogP contribution < -0.4 is 4.90 Å². The molecule has 1 aliphatic heterocycles. The number of hydrogen-bond donors (Lipinski definition) is 0. The van der Waals surface area contributed by atoms with Gasteiger partial charge in [-0.25, -0.2) is 0 Å². The van der Waals surface area contributed by atoms with Crippen LogP contribution in [0.2, 0.25) is 5.02 Å². The van der Waals surface area contributed by atoms with Crippen LogP contribution in [0.3, 0.4) is 0 Å². The minimum absolute atomic E-state index is 0.126. The second-order valence-electron chi connectivity index (χ2n) is 7.87. The fraction of sp³-hybridized carbons (Fsp3) is 0.231. The Morgan fingerprint density at radius 2 is 1.71 bits per heavy atom. The Morgan fingerprint density at radius 1 is 0.968 bits per heavy atom. The highest BCUT2D eigenvalue weighted by Crippen LogP contribution is 2.34. The summed E-state index contributed by atoms with van der Waals surface area (Å²) in [5, 5.41) is 0.701. The number of fused-ring (bicyclic) bond motifs is 1. The van der Waals surface area contributed by atoms with Crippen molar-refractivity contribution in [2.24, 2.45) is 0 Å². The molecule has 31 heavy (non-hydrogen) atoms. The molecule has 0 spiro atoms. The van der Waals surface area contributed by atoms with Gasteiger partial charge in [-0.3, -0.25) is 9.78 Å². The monoisotopic (exact) mass is 430 g/mol. The average Bonchev–Trinajstić information content (AvgIpc) is 2.81. The first-order valence-corrected chi connectivity index (χ1v) is 11.0. The standard InChI is InChI=1S/C26H23ClN2O2/c27-20-5-3-19(4-6-20)22-9-10-25(30)26-23(22)11-12-28-24(26)17-18-1-7-21(8-2-18)29-13-15-31-16-14-29/h1-9,11-12H,10,13-17H2. The minimum Gasteiger partial charge on any atom is -0.378 e. The molecule has 2 heterocycles. The second kappa shape index (κ2) is 8.66. The van der Waals surface area contributed by atoms with Gasteiger partial charge in [-0.15, -0.1) is 0 Å². The second-order valence-corrected chi connectivity index (χ2v) is 8.31. The number of allylic oxidation sites excluding steroid dienone is 1. The molecule has 5 rings (SSSR count). The predicted octanol–water partition coefficient (Wildman–Crippen LogP) is 5.18. The molecule has 0 amide bonds. The molecule has 2 aliphatic rings. The van der Waals surface area contributed by atoms with Crippen LogP contribution in [0.1, 0.15) is 39.2 Å². The number of ether oxygens (including phenoxy) is 1. The van der Waals surface area contributed by atoms with Gasteiger partial charge in [0.05, 0.1) is 18.9 Å². The number of ketones is 1. The lowest BCUT2D eigenvalue weighted by Gasteiger charge is -2.29. The zero-order valence-corrected chi connectivity index (χ0v) is 17.9. The molecule has 0 saturated carbocycles. The van der Waals surface area contributed by atoms with Crippen LogP contribution in [0.15, 0.2) is 66.9 Å². The van der Waals surface area contributed by atoms with E-state index in [9.17, 15) is 4.79 Å². The Kier molecular flexibility index (Phi) is 5.58. The fourth-order valence-corrected chi connectivity index (χ4v) is 4.45. The molecule has 0 bridgehead atoms. The van der Waals surface area contributed by atoms with E-state index in [1.54, 1.807) is 6.20 Å². The van der Waals surface area contributed by atoms with Crippen LogP contribution in [0, 0.1) is 0 Å². The van der Waals surface area contributed by atoms with Gasteiger partial charge >= 0.3 is 0 Å².